The van der Waals surface area contributed by atoms with Gasteiger partial charge in [-0.25, -0.2) is 0 Å². The van der Waals surface area contributed by atoms with E-state index in [9.17, 15) is 5.11 Å². The number of aromatic nitrogens is 2. The fraction of sp³-hybridized carbons (Fsp3) is 0.182. The molecule has 1 aromatic carbocycles. The van der Waals surface area contributed by atoms with E-state index >= 15 is 0 Å². The average molecular weight is 238 g/mol. The number of phenols is 1. The zero-order valence-electron chi connectivity index (χ0n) is 9.03. The summed E-state index contributed by atoms with van der Waals surface area (Å²) < 4.78 is 1.55. The standard InChI is InChI=1S/C11H12ClN3O/c1-6-8(12)3-4-9(16)10(6)7-5-14-15(2)11(7)13/h3-5,16H,13H2,1-2H3. The van der Waals surface area contributed by atoms with E-state index in [2.05, 4.69) is 5.10 Å². The Balaban J connectivity index is 2.73. The third-order valence-corrected chi connectivity index (χ3v) is 3.04. The molecule has 0 saturated carbocycles. The first-order chi connectivity index (χ1) is 7.52. The van der Waals surface area contributed by atoms with E-state index in [1.807, 2.05) is 6.92 Å². The first-order valence-electron chi connectivity index (χ1n) is 4.78. The van der Waals surface area contributed by atoms with Crippen LogP contribution in [-0.4, -0.2) is 14.9 Å². The topological polar surface area (TPSA) is 64.1 Å². The SMILES string of the molecule is Cc1c(Cl)ccc(O)c1-c1cnn(C)c1N. The lowest BCUT2D eigenvalue weighted by atomic mass is 10.0. The molecule has 0 saturated heterocycles. The predicted molar refractivity (Wildman–Crippen MR) is 64.5 cm³/mol. The maximum Gasteiger partial charge on any atom is 0.129 e. The van der Waals surface area contributed by atoms with Crippen molar-refractivity contribution in [3.05, 3.63) is 28.9 Å². The van der Waals surface area contributed by atoms with Gasteiger partial charge in [0.15, 0.2) is 0 Å². The summed E-state index contributed by atoms with van der Waals surface area (Å²) >= 11 is 6.02. The maximum atomic E-state index is 9.85. The third kappa shape index (κ3) is 1.51. The summed E-state index contributed by atoms with van der Waals surface area (Å²) in [7, 11) is 1.75. The second-order valence-corrected chi connectivity index (χ2v) is 4.04. The van der Waals surface area contributed by atoms with Gasteiger partial charge in [0.25, 0.3) is 0 Å². The van der Waals surface area contributed by atoms with E-state index in [0.717, 1.165) is 5.56 Å². The number of nitrogen functional groups attached to an aromatic ring is 1. The van der Waals surface area contributed by atoms with Crippen molar-refractivity contribution in [2.75, 3.05) is 5.73 Å². The molecule has 3 N–H and O–H groups in total. The number of aryl methyl sites for hydroxylation is 1. The van der Waals surface area contributed by atoms with Crippen molar-refractivity contribution in [1.29, 1.82) is 0 Å². The number of anilines is 1. The lowest BCUT2D eigenvalue weighted by Gasteiger charge is -2.09. The highest BCUT2D eigenvalue weighted by Gasteiger charge is 2.15. The fourth-order valence-electron chi connectivity index (χ4n) is 1.65. The van der Waals surface area contributed by atoms with Gasteiger partial charge in [0.05, 0.1) is 6.20 Å². The van der Waals surface area contributed by atoms with Crippen LogP contribution in [0, 0.1) is 6.92 Å². The van der Waals surface area contributed by atoms with Crippen molar-refractivity contribution in [3.63, 3.8) is 0 Å². The largest absolute Gasteiger partial charge is 0.507 e. The van der Waals surface area contributed by atoms with Gasteiger partial charge in [-0.1, -0.05) is 11.6 Å². The third-order valence-electron chi connectivity index (χ3n) is 2.63. The van der Waals surface area contributed by atoms with E-state index in [1.165, 1.54) is 0 Å². The van der Waals surface area contributed by atoms with Gasteiger partial charge in [-0.15, -0.1) is 0 Å². The molecule has 16 heavy (non-hydrogen) atoms. The van der Waals surface area contributed by atoms with Crippen LogP contribution < -0.4 is 5.73 Å². The van der Waals surface area contributed by atoms with Crippen LogP contribution in [0.4, 0.5) is 5.82 Å². The van der Waals surface area contributed by atoms with Crippen LogP contribution >= 0.6 is 11.6 Å². The van der Waals surface area contributed by atoms with Crippen LogP contribution in [0.15, 0.2) is 18.3 Å². The van der Waals surface area contributed by atoms with Gasteiger partial charge >= 0.3 is 0 Å². The number of phenolic OH excluding ortho intramolecular Hbond substituents is 1. The van der Waals surface area contributed by atoms with E-state index in [1.54, 1.807) is 30.1 Å². The molecule has 0 aliphatic rings. The lowest BCUT2D eigenvalue weighted by Crippen LogP contribution is -1.98. The molecule has 0 amide bonds. The Morgan fingerprint density at radius 2 is 2.12 bits per heavy atom. The van der Waals surface area contributed by atoms with Crippen molar-refractivity contribution in [2.24, 2.45) is 7.05 Å². The molecule has 0 aliphatic heterocycles. The van der Waals surface area contributed by atoms with Crippen molar-refractivity contribution in [2.45, 2.75) is 6.92 Å². The first-order valence-corrected chi connectivity index (χ1v) is 5.16. The van der Waals surface area contributed by atoms with E-state index in [-0.39, 0.29) is 5.75 Å². The van der Waals surface area contributed by atoms with Gasteiger partial charge < -0.3 is 10.8 Å². The quantitative estimate of drug-likeness (QED) is 0.800. The number of nitrogens with zero attached hydrogens (tertiary/aromatic N) is 2. The van der Waals surface area contributed by atoms with Crippen LogP contribution in [0.1, 0.15) is 5.56 Å². The molecule has 0 bridgehead atoms. The van der Waals surface area contributed by atoms with E-state index in [4.69, 9.17) is 17.3 Å². The van der Waals surface area contributed by atoms with Gasteiger partial charge in [0.2, 0.25) is 0 Å². The summed E-state index contributed by atoms with van der Waals surface area (Å²) in [6.07, 6.45) is 1.62. The molecule has 0 fully saturated rings. The van der Waals surface area contributed by atoms with Crippen LogP contribution in [0.2, 0.25) is 5.02 Å². The fourth-order valence-corrected chi connectivity index (χ4v) is 1.81. The summed E-state index contributed by atoms with van der Waals surface area (Å²) in [5.41, 5.74) is 7.99. The maximum absolute atomic E-state index is 9.85. The van der Waals surface area contributed by atoms with Crippen LogP contribution in [0.3, 0.4) is 0 Å². The molecule has 0 radical (unpaired) electrons. The Hall–Kier alpha value is -1.68. The summed E-state index contributed by atoms with van der Waals surface area (Å²) in [6.45, 7) is 1.84. The monoisotopic (exact) mass is 237 g/mol. The molecule has 0 unspecified atom stereocenters. The Morgan fingerprint density at radius 1 is 1.44 bits per heavy atom. The van der Waals surface area contributed by atoms with E-state index in [0.29, 0.717) is 22.0 Å². The summed E-state index contributed by atoms with van der Waals surface area (Å²) in [6, 6.07) is 3.21. The highest BCUT2D eigenvalue weighted by molar-refractivity contribution is 6.31. The number of aromatic hydroxyl groups is 1. The Bertz CT molecular complexity index is 548. The molecule has 0 spiro atoms. The van der Waals surface area contributed by atoms with Crippen LogP contribution in [0.5, 0.6) is 5.75 Å². The molecule has 5 heteroatoms. The summed E-state index contributed by atoms with van der Waals surface area (Å²) in [5, 5.41) is 14.5. The first kappa shape index (κ1) is 10.8. The second-order valence-electron chi connectivity index (χ2n) is 3.63. The predicted octanol–water partition coefficient (Wildman–Crippen LogP) is 2.34. The number of hydrogen-bond acceptors (Lipinski definition) is 3. The Morgan fingerprint density at radius 3 is 2.69 bits per heavy atom. The van der Waals surface area contributed by atoms with Crippen molar-refractivity contribution >= 4 is 17.4 Å². The highest BCUT2D eigenvalue weighted by atomic mass is 35.5. The smallest absolute Gasteiger partial charge is 0.129 e. The number of halogens is 1. The van der Waals surface area contributed by atoms with Crippen molar-refractivity contribution in [3.8, 4) is 16.9 Å². The van der Waals surface area contributed by atoms with Crippen molar-refractivity contribution in [1.82, 2.24) is 9.78 Å². The lowest BCUT2D eigenvalue weighted by molar-refractivity contribution is 0.477. The molecule has 1 heterocycles. The van der Waals surface area contributed by atoms with E-state index < -0.39 is 0 Å². The molecule has 2 aromatic rings. The number of rotatable bonds is 1. The average Bonchev–Trinajstić information content (AvgIpc) is 2.56. The normalized spacial score (nSPS) is 10.7. The zero-order valence-corrected chi connectivity index (χ0v) is 9.78. The van der Waals surface area contributed by atoms with Crippen LogP contribution in [0.25, 0.3) is 11.1 Å². The number of nitrogens with two attached hydrogens (primary N) is 1. The molecule has 1 aromatic heterocycles. The minimum Gasteiger partial charge on any atom is -0.507 e. The minimum absolute atomic E-state index is 0.154. The molecular weight excluding hydrogens is 226 g/mol. The van der Waals surface area contributed by atoms with Crippen molar-refractivity contribution < 1.29 is 5.11 Å². The second kappa shape index (κ2) is 3.72. The molecule has 0 atom stereocenters. The zero-order chi connectivity index (χ0) is 11.9. The van der Waals surface area contributed by atoms with Gasteiger partial charge in [0, 0.05) is 23.2 Å². The highest BCUT2D eigenvalue weighted by Crippen LogP contribution is 2.38. The molecule has 2 rings (SSSR count). The van der Waals surface area contributed by atoms with Gasteiger partial charge in [-0.2, -0.15) is 5.10 Å². The molecule has 4 nitrogen and oxygen atoms in total. The molecular formula is C11H12ClN3O. The van der Waals surface area contributed by atoms with Crippen LogP contribution in [-0.2, 0) is 7.05 Å². The van der Waals surface area contributed by atoms with Gasteiger partial charge in [-0.05, 0) is 24.6 Å². The van der Waals surface area contributed by atoms with Gasteiger partial charge in [-0.3, -0.25) is 4.68 Å². The van der Waals surface area contributed by atoms with Gasteiger partial charge in [0.1, 0.15) is 11.6 Å². The summed E-state index contributed by atoms with van der Waals surface area (Å²) in [4.78, 5) is 0. The minimum atomic E-state index is 0.154. The Kier molecular flexibility index (Phi) is 2.52. The number of hydrogen-bond donors (Lipinski definition) is 2. The number of benzene rings is 1. The Labute approximate surface area is 98.3 Å². The molecule has 84 valence electrons. The summed E-state index contributed by atoms with van der Waals surface area (Å²) in [5.74, 6) is 0.655. The molecule has 0 aliphatic carbocycles.